The number of anilines is 1. The number of allylic oxidation sites excluding steroid dienone is 1. The van der Waals surface area contributed by atoms with Gasteiger partial charge in [0, 0.05) is 62.9 Å². The number of nitro benzene ring substituents is 1. The van der Waals surface area contributed by atoms with Crippen molar-refractivity contribution in [1.29, 1.82) is 0 Å². The number of hydrogen-bond acceptors (Lipinski definition) is 14. The Balaban J connectivity index is 1.42. The van der Waals surface area contributed by atoms with E-state index in [4.69, 9.17) is 28.9 Å². The first-order chi connectivity index (χ1) is 33.3. The molecule has 2 aliphatic carbocycles. The number of unbranched alkanes of at least 4 members (excludes halogenated alkanes) is 2. The second-order valence-electron chi connectivity index (χ2n) is 17.3. The maximum Gasteiger partial charge on any atom is 0.269 e. The van der Waals surface area contributed by atoms with Gasteiger partial charge in [0.15, 0.2) is 6.29 Å². The molecule has 7 rings (SSSR count). The molecule has 366 valence electrons. The SMILES string of the molecule is C=CCOC12Oc3ccc(Oc4ccc(OC)c(C=O)c4)cc3C3C(CCCCO)C(CCCCO)C=C(C(=NOCc4ccc([N+](=O)[O-])cc4)CC1N(C)S(=O)(=O)c1ccc(NC(C)=O)cc1)C32. The van der Waals surface area contributed by atoms with Crippen molar-refractivity contribution in [3.63, 3.8) is 0 Å². The molecule has 6 unspecified atom stereocenters. The molecule has 0 bridgehead atoms. The molecule has 1 saturated carbocycles. The third-order valence-corrected chi connectivity index (χ3v) is 14.9. The van der Waals surface area contributed by atoms with Gasteiger partial charge in [0.2, 0.25) is 21.7 Å². The molecular weight excluding hydrogens is 909 g/mol. The summed E-state index contributed by atoms with van der Waals surface area (Å²) in [5.41, 5.74) is 3.18. The number of fused-ring (bicyclic) bond motifs is 2. The summed E-state index contributed by atoms with van der Waals surface area (Å²) < 4.78 is 57.1. The van der Waals surface area contributed by atoms with E-state index in [9.17, 15) is 38.3 Å². The monoisotopic (exact) mass is 966 g/mol. The lowest BCUT2D eigenvalue weighted by Crippen LogP contribution is -2.69. The van der Waals surface area contributed by atoms with E-state index in [0.717, 1.165) is 11.1 Å². The van der Waals surface area contributed by atoms with Gasteiger partial charge in [-0.05, 0) is 121 Å². The number of aliphatic hydroxyl groups is 2. The average molecular weight is 967 g/mol. The van der Waals surface area contributed by atoms with E-state index in [-0.39, 0.29) is 61.2 Å². The largest absolute Gasteiger partial charge is 0.496 e. The van der Waals surface area contributed by atoms with Crippen molar-refractivity contribution in [3.8, 4) is 23.0 Å². The number of rotatable bonds is 23. The quantitative estimate of drug-likeness (QED) is 0.0209. The van der Waals surface area contributed by atoms with Crippen LogP contribution < -0.4 is 19.5 Å². The number of likely N-dealkylation sites (N-methyl/N-ethyl adjacent to an activating group) is 1. The number of benzene rings is 4. The molecule has 6 atom stereocenters. The molecule has 17 nitrogen and oxygen atoms in total. The van der Waals surface area contributed by atoms with Gasteiger partial charge in [0.25, 0.3) is 5.69 Å². The third-order valence-electron chi connectivity index (χ3n) is 13.1. The smallest absolute Gasteiger partial charge is 0.269 e. The summed E-state index contributed by atoms with van der Waals surface area (Å²) in [4.78, 5) is 40.7. The topological polar surface area (TPSA) is 226 Å². The van der Waals surface area contributed by atoms with Gasteiger partial charge in [-0.1, -0.05) is 30.1 Å². The number of oxime groups is 1. The van der Waals surface area contributed by atoms with Crippen LogP contribution in [0.1, 0.15) is 79.3 Å². The van der Waals surface area contributed by atoms with Crippen molar-refractivity contribution in [2.24, 2.45) is 22.9 Å². The lowest BCUT2D eigenvalue weighted by Gasteiger charge is -2.59. The second-order valence-corrected chi connectivity index (χ2v) is 19.3. The van der Waals surface area contributed by atoms with Crippen LogP contribution in [0.4, 0.5) is 11.4 Å². The van der Waals surface area contributed by atoms with Crippen LogP contribution in [0.25, 0.3) is 0 Å². The van der Waals surface area contributed by atoms with Crippen LogP contribution in [0.3, 0.4) is 0 Å². The zero-order valence-corrected chi connectivity index (χ0v) is 39.6. The molecule has 1 aliphatic heterocycles. The lowest BCUT2D eigenvalue weighted by atomic mass is 9.55. The fourth-order valence-corrected chi connectivity index (χ4v) is 11.3. The van der Waals surface area contributed by atoms with Gasteiger partial charge in [-0.2, -0.15) is 4.31 Å². The minimum Gasteiger partial charge on any atom is -0.496 e. The fourth-order valence-electron chi connectivity index (χ4n) is 9.92. The van der Waals surface area contributed by atoms with Gasteiger partial charge in [-0.3, -0.25) is 19.7 Å². The van der Waals surface area contributed by atoms with Crippen molar-refractivity contribution in [2.75, 3.05) is 39.3 Å². The number of aliphatic hydroxyl groups excluding tert-OH is 2. The minimum atomic E-state index is -4.35. The zero-order chi connectivity index (χ0) is 49.3. The molecule has 69 heavy (non-hydrogen) atoms. The lowest BCUT2D eigenvalue weighted by molar-refractivity contribution is -0.384. The first-order valence-corrected chi connectivity index (χ1v) is 24.3. The van der Waals surface area contributed by atoms with E-state index in [1.807, 2.05) is 6.07 Å². The summed E-state index contributed by atoms with van der Waals surface area (Å²) in [7, 11) is -1.40. The number of non-ortho nitro benzene ring substituents is 1. The highest BCUT2D eigenvalue weighted by Gasteiger charge is 2.65. The van der Waals surface area contributed by atoms with Crippen molar-refractivity contribution in [3.05, 3.63) is 136 Å². The number of nitrogens with zero attached hydrogens (tertiary/aromatic N) is 3. The first kappa shape index (κ1) is 50.4. The fraction of sp³-hybridized carbons (Fsp3) is 0.392. The summed E-state index contributed by atoms with van der Waals surface area (Å²) in [5.74, 6) is -1.80. The molecule has 1 fully saturated rings. The third kappa shape index (κ3) is 10.9. The Kier molecular flexibility index (Phi) is 16.3. The van der Waals surface area contributed by atoms with Crippen molar-refractivity contribution >= 4 is 39.3 Å². The Hall–Kier alpha value is -6.44. The van der Waals surface area contributed by atoms with E-state index in [0.29, 0.717) is 90.3 Å². The van der Waals surface area contributed by atoms with Crippen molar-refractivity contribution in [1.82, 2.24) is 4.31 Å². The molecule has 3 N–H and O–H groups in total. The highest BCUT2D eigenvalue weighted by atomic mass is 32.2. The molecule has 3 aliphatic rings. The molecular formula is C51H58N4O13S. The number of methoxy groups -OCH3 is 1. The van der Waals surface area contributed by atoms with Crippen LogP contribution >= 0.6 is 0 Å². The number of sulfonamides is 1. The van der Waals surface area contributed by atoms with Crippen LogP contribution in [0.15, 0.2) is 119 Å². The van der Waals surface area contributed by atoms with Crippen LogP contribution in [0.2, 0.25) is 0 Å². The highest BCUT2D eigenvalue weighted by molar-refractivity contribution is 7.89. The van der Waals surface area contributed by atoms with E-state index < -0.39 is 38.6 Å². The van der Waals surface area contributed by atoms with E-state index >= 15 is 0 Å². The number of amides is 1. The molecule has 0 aromatic heterocycles. The Morgan fingerprint density at radius 1 is 1.00 bits per heavy atom. The van der Waals surface area contributed by atoms with Crippen LogP contribution in [-0.2, 0) is 31.0 Å². The number of nitro groups is 1. The number of carbonyl (C=O) groups excluding carboxylic acids is 2. The molecule has 1 heterocycles. The molecule has 18 heteroatoms. The van der Waals surface area contributed by atoms with Gasteiger partial charge in [-0.15, -0.1) is 6.58 Å². The van der Waals surface area contributed by atoms with Gasteiger partial charge < -0.3 is 39.3 Å². The average Bonchev–Trinajstić information content (AvgIpc) is 3.34. The summed E-state index contributed by atoms with van der Waals surface area (Å²) in [6, 6.07) is 21.0. The van der Waals surface area contributed by atoms with E-state index in [1.54, 1.807) is 48.5 Å². The Morgan fingerprint density at radius 2 is 1.70 bits per heavy atom. The van der Waals surface area contributed by atoms with Crippen LogP contribution in [0, 0.1) is 27.9 Å². The summed E-state index contributed by atoms with van der Waals surface area (Å²) >= 11 is 0. The number of carbonyl (C=O) groups is 2. The van der Waals surface area contributed by atoms with Gasteiger partial charge in [0.1, 0.15) is 29.6 Å². The molecule has 4 aromatic carbocycles. The predicted molar refractivity (Wildman–Crippen MR) is 257 cm³/mol. The summed E-state index contributed by atoms with van der Waals surface area (Å²) in [6.07, 6.45) is 8.21. The standard InChI is InChI=1S/C51H58N4O13S/c1-5-26-65-51-48(54(3)69(62,63)41-20-14-37(15-21-41)52-33(2)59)30-45(53-66-32-34-12-16-38(17-13-34)55(60)61)43-28-35(10-6-8-24-56)42(11-7-9-25-57)49(50(43)51)44-29-40(19-23-47(44)68-51)67-39-18-22-46(64-4)36(27-39)31-58/h5,12-23,27-29,31,35,42,48-50,56-57H,1,6-11,24-26,30,32H2,2-4H3,(H,52,59). The number of ether oxygens (including phenoxy) is 4. The highest BCUT2D eigenvalue weighted by Crippen LogP contribution is 2.62. The Morgan fingerprint density at radius 3 is 2.35 bits per heavy atom. The maximum absolute atomic E-state index is 15.0. The van der Waals surface area contributed by atoms with Gasteiger partial charge in [0.05, 0.1) is 46.8 Å². The number of hydrogen-bond donors (Lipinski definition) is 3. The zero-order valence-electron chi connectivity index (χ0n) is 38.8. The number of nitrogens with one attached hydrogen (secondary N) is 1. The van der Waals surface area contributed by atoms with Gasteiger partial charge in [-0.25, -0.2) is 8.42 Å². The van der Waals surface area contributed by atoms with E-state index in [2.05, 4.69) is 18.0 Å². The molecule has 0 spiro atoms. The molecule has 1 amide bonds. The second kappa shape index (κ2) is 22.3. The predicted octanol–water partition coefficient (Wildman–Crippen LogP) is 8.32. The normalized spacial score (nSPS) is 22.1. The van der Waals surface area contributed by atoms with Crippen molar-refractivity contribution in [2.45, 2.75) is 81.1 Å². The van der Waals surface area contributed by atoms with Crippen LogP contribution in [0.5, 0.6) is 23.0 Å². The number of aldehydes is 1. The molecule has 4 aromatic rings. The summed E-state index contributed by atoms with van der Waals surface area (Å²) in [5, 5.41) is 38.8. The minimum absolute atomic E-state index is 0.00871. The first-order valence-electron chi connectivity index (χ1n) is 22.9. The summed E-state index contributed by atoms with van der Waals surface area (Å²) in [6.45, 7) is 5.23. The van der Waals surface area contributed by atoms with Gasteiger partial charge >= 0.3 is 0 Å². The van der Waals surface area contributed by atoms with Crippen LogP contribution in [-0.4, -0.2) is 91.6 Å². The molecule has 0 radical (unpaired) electrons. The Labute approximate surface area is 401 Å². The maximum atomic E-state index is 15.0. The Bertz CT molecular complexity index is 2670. The molecule has 0 saturated heterocycles. The van der Waals surface area contributed by atoms with Crippen molar-refractivity contribution < 1.29 is 56.9 Å². The van der Waals surface area contributed by atoms with E-state index in [1.165, 1.54) is 61.8 Å².